The van der Waals surface area contributed by atoms with Crippen LogP contribution in [0.2, 0.25) is 0 Å². The van der Waals surface area contributed by atoms with E-state index >= 15 is 0 Å². The monoisotopic (exact) mass is 338 g/mol. The summed E-state index contributed by atoms with van der Waals surface area (Å²) in [6.07, 6.45) is 5.18. The van der Waals surface area contributed by atoms with Crippen LogP contribution in [0.1, 0.15) is 25.7 Å². The van der Waals surface area contributed by atoms with Crippen LogP contribution < -0.4 is 4.74 Å². The molecule has 126 valence electrons. The van der Waals surface area contributed by atoms with Crippen molar-refractivity contribution in [2.75, 3.05) is 26.3 Å². The van der Waals surface area contributed by atoms with Crippen LogP contribution in [0.4, 0.5) is 0 Å². The molecule has 3 aliphatic rings. The van der Waals surface area contributed by atoms with E-state index < -0.39 is 10.0 Å². The lowest BCUT2D eigenvalue weighted by Gasteiger charge is -2.49. The molecule has 0 unspecified atom stereocenters. The highest BCUT2D eigenvalue weighted by Crippen LogP contribution is 2.45. The molecule has 0 radical (unpaired) electrons. The first-order valence-electron chi connectivity index (χ1n) is 8.27. The van der Waals surface area contributed by atoms with Crippen LogP contribution in [0.25, 0.3) is 0 Å². The highest BCUT2D eigenvalue weighted by atomic mass is 32.2. The predicted octanol–water partition coefficient (Wildman–Crippen LogP) is 1.43. The highest BCUT2D eigenvalue weighted by Gasteiger charge is 2.58. The maximum absolute atomic E-state index is 12.3. The highest BCUT2D eigenvalue weighted by molar-refractivity contribution is 7.90. The van der Waals surface area contributed by atoms with Gasteiger partial charge in [0.25, 0.3) is 0 Å². The Kier molecular flexibility index (Phi) is 3.82. The van der Waals surface area contributed by atoms with Crippen molar-refractivity contribution in [2.24, 2.45) is 5.92 Å². The third kappa shape index (κ3) is 2.86. The Labute approximate surface area is 136 Å². The fourth-order valence-corrected chi connectivity index (χ4v) is 5.54. The van der Waals surface area contributed by atoms with Gasteiger partial charge in [-0.1, -0.05) is 6.07 Å². The molecule has 3 fully saturated rings. The van der Waals surface area contributed by atoms with Crippen LogP contribution >= 0.6 is 0 Å². The Hall–Kier alpha value is -1.18. The molecule has 0 amide bonds. The SMILES string of the molecule is O=S(=O)(C1CC1)N1CC2(C1)OCC[C@H]2CCOc1ccccn1. The van der Waals surface area contributed by atoms with Crippen molar-refractivity contribution in [1.29, 1.82) is 0 Å². The van der Waals surface area contributed by atoms with Crippen molar-refractivity contribution in [3.63, 3.8) is 0 Å². The Balaban J connectivity index is 1.31. The molecule has 1 aromatic heterocycles. The van der Waals surface area contributed by atoms with Crippen LogP contribution in [0.15, 0.2) is 24.4 Å². The molecular formula is C16H22N2O4S. The largest absolute Gasteiger partial charge is 0.478 e. The zero-order valence-corrected chi connectivity index (χ0v) is 13.9. The molecule has 23 heavy (non-hydrogen) atoms. The molecule has 0 bridgehead atoms. The molecule has 2 saturated heterocycles. The van der Waals surface area contributed by atoms with E-state index in [1.54, 1.807) is 10.5 Å². The van der Waals surface area contributed by atoms with Crippen molar-refractivity contribution in [3.05, 3.63) is 24.4 Å². The zero-order chi connectivity index (χ0) is 15.9. The van der Waals surface area contributed by atoms with Gasteiger partial charge in [-0.15, -0.1) is 0 Å². The second kappa shape index (κ2) is 5.72. The molecule has 1 atom stereocenters. The molecule has 4 rings (SSSR count). The van der Waals surface area contributed by atoms with Gasteiger partial charge in [-0.25, -0.2) is 13.4 Å². The van der Waals surface area contributed by atoms with Gasteiger partial charge in [0.1, 0.15) is 0 Å². The summed E-state index contributed by atoms with van der Waals surface area (Å²) in [5.41, 5.74) is -0.282. The first-order chi connectivity index (χ1) is 11.1. The van der Waals surface area contributed by atoms with Gasteiger partial charge in [0.05, 0.1) is 17.5 Å². The second-order valence-electron chi connectivity index (χ2n) is 6.72. The minimum atomic E-state index is -3.07. The molecule has 1 aromatic rings. The molecule has 0 aromatic carbocycles. The van der Waals surface area contributed by atoms with E-state index in [9.17, 15) is 8.42 Å². The number of rotatable bonds is 6. The lowest BCUT2D eigenvalue weighted by atomic mass is 9.80. The lowest BCUT2D eigenvalue weighted by Crippen LogP contribution is -2.66. The van der Waals surface area contributed by atoms with E-state index in [1.165, 1.54) is 0 Å². The first kappa shape index (κ1) is 15.4. The summed E-state index contributed by atoms with van der Waals surface area (Å²) in [4.78, 5) is 4.14. The fraction of sp³-hybridized carbons (Fsp3) is 0.688. The third-order valence-electron chi connectivity index (χ3n) is 5.15. The van der Waals surface area contributed by atoms with E-state index in [4.69, 9.17) is 9.47 Å². The zero-order valence-electron chi connectivity index (χ0n) is 13.1. The van der Waals surface area contributed by atoms with Gasteiger partial charge in [0.2, 0.25) is 15.9 Å². The number of aromatic nitrogens is 1. The van der Waals surface area contributed by atoms with E-state index in [0.29, 0.717) is 38.1 Å². The number of ether oxygens (including phenoxy) is 2. The number of nitrogens with zero attached hydrogens (tertiary/aromatic N) is 2. The summed E-state index contributed by atoms with van der Waals surface area (Å²) < 4.78 is 37.7. The third-order valence-corrected chi connectivity index (χ3v) is 7.44. The van der Waals surface area contributed by atoms with E-state index in [2.05, 4.69) is 4.98 Å². The van der Waals surface area contributed by atoms with Crippen LogP contribution in [0, 0.1) is 5.92 Å². The van der Waals surface area contributed by atoms with Crippen LogP contribution in [-0.4, -0.2) is 54.9 Å². The number of pyridine rings is 1. The standard InChI is InChI=1S/C16H22N2O4S/c19-23(20,14-4-5-14)18-11-16(12-18)13(7-10-22-16)6-9-21-15-3-1-2-8-17-15/h1-3,8,13-14H,4-7,9-12H2/t13-/m1/s1. The minimum Gasteiger partial charge on any atom is -0.478 e. The van der Waals surface area contributed by atoms with Crippen LogP contribution in [0.5, 0.6) is 5.88 Å². The molecule has 3 heterocycles. The normalized spacial score (nSPS) is 27.0. The molecule has 1 aliphatic carbocycles. The maximum Gasteiger partial charge on any atom is 0.217 e. The van der Waals surface area contributed by atoms with Crippen LogP contribution in [0.3, 0.4) is 0 Å². The van der Waals surface area contributed by atoms with Gasteiger partial charge in [0.15, 0.2) is 0 Å². The lowest BCUT2D eigenvalue weighted by molar-refractivity contribution is -0.104. The van der Waals surface area contributed by atoms with E-state index in [0.717, 1.165) is 25.7 Å². The second-order valence-corrected chi connectivity index (χ2v) is 8.93. The minimum absolute atomic E-state index is 0.132. The Morgan fingerprint density at radius 1 is 1.30 bits per heavy atom. The smallest absolute Gasteiger partial charge is 0.217 e. The summed E-state index contributed by atoms with van der Waals surface area (Å²) in [5, 5.41) is -0.132. The average Bonchev–Trinajstić information content (AvgIpc) is 3.28. The number of sulfonamides is 1. The summed E-state index contributed by atoms with van der Waals surface area (Å²) in [6.45, 7) is 2.33. The van der Waals surface area contributed by atoms with E-state index in [1.807, 2.05) is 18.2 Å². The molecule has 2 aliphatic heterocycles. The van der Waals surface area contributed by atoms with Crippen molar-refractivity contribution in [1.82, 2.24) is 9.29 Å². The Bertz CT molecular complexity index is 654. The molecule has 1 spiro atoms. The molecule has 0 N–H and O–H groups in total. The average molecular weight is 338 g/mol. The van der Waals surface area contributed by atoms with Gasteiger partial charge in [-0.2, -0.15) is 4.31 Å². The Morgan fingerprint density at radius 3 is 2.83 bits per heavy atom. The van der Waals surface area contributed by atoms with E-state index in [-0.39, 0.29) is 10.9 Å². The van der Waals surface area contributed by atoms with Crippen molar-refractivity contribution in [3.8, 4) is 5.88 Å². The van der Waals surface area contributed by atoms with Gasteiger partial charge in [0, 0.05) is 32.0 Å². The first-order valence-corrected chi connectivity index (χ1v) is 9.77. The number of hydrogen-bond donors (Lipinski definition) is 0. The maximum atomic E-state index is 12.3. The molecule has 1 saturated carbocycles. The fourth-order valence-electron chi connectivity index (χ4n) is 3.59. The van der Waals surface area contributed by atoms with Gasteiger partial charge < -0.3 is 9.47 Å². The molecule has 6 nitrogen and oxygen atoms in total. The quantitative estimate of drug-likeness (QED) is 0.785. The van der Waals surface area contributed by atoms with Crippen LogP contribution in [-0.2, 0) is 14.8 Å². The Morgan fingerprint density at radius 2 is 2.13 bits per heavy atom. The van der Waals surface area contributed by atoms with Gasteiger partial charge in [-0.05, 0) is 37.7 Å². The summed E-state index contributed by atoms with van der Waals surface area (Å²) >= 11 is 0. The summed E-state index contributed by atoms with van der Waals surface area (Å²) in [7, 11) is -3.07. The summed E-state index contributed by atoms with van der Waals surface area (Å²) in [5.74, 6) is 0.990. The van der Waals surface area contributed by atoms with Crippen molar-refractivity contribution >= 4 is 10.0 Å². The van der Waals surface area contributed by atoms with Crippen molar-refractivity contribution in [2.45, 2.75) is 36.5 Å². The van der Waals surface area contributed by atoms with Gasteiger partial charge in [-0.3, -0.25) is 0 Å². The summed E-state index contributed by atoms with van der Waals surface area (Å²) in [6, 6.07) is 5.60. The number of hydrogen-bond acceptors (Lipinski definition) is 5. The topological polar surface area (TPSA) is 68.7 Å². The van der Waals surface area contributed by atoms with Gasteiger partial charge >= 0.3 is 0 Å². The predicted molar refractivity (Wildman–Crippen MR) is 84.7 cm³/mol. The van der Waals surface area contributed by atoms with Crippen molar-refractivity contribution < 1.29 is 17.9 Å². The molecule has 7 heteroatoms. The molecular weight excluding hydrogens is 316 g/mol.